The first kappa shape index (κ1) is 17.0. The van der Waals surface area contributed by atoms with Crippen LogP contribution in [-0.2, 0) is 6.42 Å². The van der Waals surface area contributed by atoms with Crippen molar-refractivity contribution >= 4 is 15.9 Å². The molecule has 1 N–H and O–H groups in total. The fourth-order valence-corrected chi connectivity index (χ4v) is 4.13. The first-order chi connectivity index (χ1) is 9.94. The molecule has 0 saturated heterocycles. The molecule has 2 atom stereocenters. The van der Waals surface area contributed by atoms with E-state index in [1.165, 1.54) is 19.3 Å². The zero-order valence-electron chi connectivity index (χ0n) is 13.4. The van der Waals surface area contributed by atoms with Gasteiger partial charge in [0.25, 0.3) is 0 Å². The second-order valence-corrected chi connectivity index (χ2v) is 7.90. The summed E-state index contributed by atoms with van der Waals surface area (Å²) in [7, 11) is 0. The molecule has 0 amide bonds. The Morgan fingerprint density at radius 3 is 2.81 bits per heavy atom. The Labute approximate surface area is 136 Å². The molecule has 1 nitrogen and oxygen atoms in total. The summed E-state index contributed by atoms with van der Waals surface area (Å²) in [6.45, 7) is 7.92. The molecule has 0 radical (unpaired) electrons. The molecule has 1 saturated carbocycles. The average Bonchev–Trinajstić information content (AvgIpc) is 2.78. The van der Waals surface area contributed by atoms with Crippen molar-refractivity contribution in [3.8, 4) is 0 Å². The molecule has 2 rings (SSSR count). The topological polar surface area (TPSA) is 12.0 Å². The van der Waals surface area contributed by atoms with Crippen LogP contribution in [0.1, 0.15) is 52.0 Å². The normalized spacial score (nSPS) is 22.4. The van der Waals surface area contributed by atoms with Crippen LogP contribution >= 0.6 is 15.9 Å². The lowest BCUT2D eigenvalue weighted by molar-refractivity contribution is 0.195. The van der Waals surface area contributed by atoms with Crippen LogP contribution in [0.2, 0.25) is 0 Å². The molecule has 1 aromatic carbocycles. The molecule has 0 aromatic heterocycles. The number of hydrogen-bond donors (Lipinski definition) is 1. The Morgan fingerprint density at radius 2 is 2.19 bits per heavy atom. The van der Waals surface area contributed by atoms with E-state index in [2.05, 4.69) is 42.0 Å². The maximum atomic E-state index is 14.1. The summed E-state index contributed by atoms with van der Waals surface area (Å²) in [5, 5.41) is 3.68. The molecule has 21 heavy (non-hydrogen) atoms. The lowest BCUT2D eigenvalue weighted by atomic mass is 9.76. The van der Waals surface area contributed by atoms with Gasteiger partial charge in [-0.05, 0) is 67.3 Å². The van der Waals surface area contributed by atoms with Gasteiger partial charge in [-0.25, -0.2) is 4.39 Å². The van der Waals surface area contributed by atoms with E-state index < -0.39 is 0 Å². The fraction of sp³-hybridized carbons (Fsp3) is 0.667. The maximum Gasteiger partial charge on any atom is 0.126 e. The van der Waals surface area contributed by atoms with Crippen molar-refractivity contribution in [1.29, 1.82) is 0 Å². The number of rotatable bonds is 6. The van der Waals surface area contributed by atoms with E-state index >= 15 is 0 Å². The predicted octanol–water partition coefficient (Wildman–Crippen LogP) is 5.33. The highest BCUT2D eigenvalue weighted by Crippen LogP contribution is 2.45. The summed E-state index contributed by atoms with van der Waals surface area (Å²) in [6.07, 6.45) is 5.72. The Kier molecular flexibility index (Phi) is 5.84. The van der Waals surface area contributed by atoms with Gasteiger partial charge in [-0.1, -0.05) is 43.1 Å². The van der Waals surface area contributed by atoms with E-state index in [1.807, 2.05) is 6.07 Å². The van der Waals surface area contributed by atoms with E-state index in [0.29, 0.717) is 17.4 Å². The van der Waals surface area contributed by atoms with E-state index in [1.54, 1.807) is 12.1 Å². The van der Waals surface area contributed by atoms with Crippen molar-refractivity contribution in [3.63, 3.8) is 0 Å². The van der Waals surface area contributed by atoms with Crippen molar-refractivity contribution < 1.29 is 4.39 Å². The third-order valence-electron chi connectivity index (χ3n) is 4.93. The summed E-state index contributed by atoms with van der Waals surface area (Å²) >= 11 is 3.46. The van der Waals surface area contributed by atoms with E-state index in [4.69, 9.17) is 0 Å². The molecule has 1 aromatic rings. The molecule has 3 heteroatoms. The molecule has 0 bridgehead atoms. The third kappa shape index (κ3) is 4.29. The van der Waals surface area contributed by atoms with Gasteiger partial charge < -0.3 is 5.32 Å². The predicted molar refractivity (Wildman–Crippen MR) is 91.0 cm³/mol. The van der Waals surface area contributed by atoms with E-state index in [0.717, 1.165) is 29.4 Å². The van der Waals surface area contributed by atoms with Gasteiger partial charge in [-0.2, -0.15) is 0 Å². The lowest BCUT2D eigenvalue weighted by Crippen LogP contribution is -2.42. The largest absolute Gasteiger partial charge is 0.313 e. The van der Waals surface area contributed by atoms with Crippen LogP contribution in [0.4, 0.5) is 4.39 Å². The van der Waals surface area contributed by atoms with Crippen molar-refractivity contribution in [2.24, 2.45) is 11.3 Å². The van der Waals surface area contributed by atoms with Crippen molar-refractivity contribution in [2.75, 3.05) is 6.54 Å². The monoisotopic (exact) mass is 355 g/mol. The minimum Gasteiger partial charge on any atom is -0.313 e. The number of halogens is 2. The fourth-order valence-electron chi connectivity index (χ4n) is 3.72. The summed E-state index contributed by atoms with van der Waals surface area (Å²) in [5.74, 6) is 0.541. The van der Waals surface area contributed by atoms with Crippen molar-refractivity contribution in [1.82, 2.24) is 5.32 Å². The first-order valence-electron chi connectivity index (χ1n) is 8.11. The smallest absolute Gasteiger partial charge is 0.126 e. The first-order valence-corrected chi connectivity index (χ1v) is 8.90. The van der Waals surface area contributed by atoms with Gasteiger partial charge >= 0.3 is 0 Å². The van der Waals surface area contributed by atoms with Crippen molar-refractivity contribution in [2.45, 2.75) is 58.9 Å². The molecule has 1 aliphatic rings. The average molecular weight is 356 g/mol. The minimum atomic E-state index is -0.0858. The Balaban J connectivity index is 2.18. The van der Waals surface area contributed by atoms with Gasteiger partial charge in [0.1, 0.15) is 5.82 Å². The second kappa shape index (κ2) is 7.23. The summed E-state index contributed by atoms with van der Waals surface area (Å²) in [4.78, 5) is 0. The van der Waals surface area contributed by atoms with Crippen LogP contribution in [0.3, 0.4) is 0 Å². The van der Waals surface area contributed by atoms with Crippen molar-refractivity contribution in [3.05, 3.63) is 34.1 Å². The zero-order chi connectivity index (χ0) is 15.5. The summed E-state index contributed by atoms with van der Waals surface area (Å²) in [5.41, 5.74) is 1.18. The van der Waals surface area contributed by atoms with Crippen LogP contribution in [0, 0.1) is 17.2 Å². The van der Waals surface area contributed by atoms with E-state index in [9.17, 15) is 4.39 Å². The highest BCUT2D eigenvalue weighted by Gasteiger charge is 2.39. The highest BCUT2D eigenvalue weighted by molar-refractivity contribution is 9.10. The zero-order valence-corrected chi connectivity index (χ0v) is 15.0. The Bertz CT molecular complexity index is 472. The quantitative estimate of drug-likeness (QED) is 0.727. The maximum absolute atomic E-state index is 14.1. The molecule has 2 unspecified atom stereocenters. The SMILES string of the molecule is CCCNC(Cc1cc(Br)ccc1F)C1CCCC1(C)C. The number of benzene rings is 1. The Hall–Kier alpha value is -0.410. The lowest BCUT2D eigenvalue weighted by Gasteiger charge is -2.35. The molecule has 1 aliphatic carbocycles. The van der Waals surface area contributed by atoms with Crippen LogP contribution < -0.4 is 5.32 Å². The second-order valence-electron chi connectivity index (χ2n) is 6.99. The molecule has 1 fully saturated rings. The van der Waals surface area contributed by atoms with Gasteiger partial charge in [0.2, 0.25) is 0 Å². The Morgan fingerprint density at radius 1 is 1.43 bits per heavy atom. The molecule has 118 valence electrons. The van der Waals surface area contributed by atoms with Gasteiger partial charge in [-0.15, -0.1) is 0 Å². The summed E-state index contributed by atoms with van der Waals surface area (Å²) in [6, 6.07) is 5.63. The molecular formula is C18H27BrFN. The third-order valence-corrected chi connectivity index (χ3v) is 5.42. The number of nitrogens with one attached hydrogen (secondary N) is 1. The van der Waals surface area contributed by atoms with Crippen LogP contribution in [0.25, 0.3) is 0 Å². The van der Waals surface area contributed by atoms with E-state index in [-0.39, 0.29) is 5.82 Å². The summed E-state index contributed by atoms with van der Waals surface area (Å²) < 4.78 is 15.0. The van der Waals surface area contributed by atoms with Crippen LogP contribution in [-0.4, -0.2) is 12.6 Å². The molecular weight excluding hydrogens is 329 g/mol. The van der Waals surface area contributed by atoms with Gasteiger partial charge in [-0.3, -0.25) is 0 Å². The number of hydrogen-bond acceptors (Lipinski definition) is 1. The molecule has 0 aliphatic heterocycles. The van der Waals surface area contributed by atoms with Gasteiger partial charge in [0, 0.05) is 10.5 Å². The van der Waals surface area contributed by atoms with Crippen LogP contribution in [0.5, 0.6) is 0 Å². The highest BCUT2D eigenvalue weighted by atomic mass is 79.9. The standard InChI is InChI=1S/C18H27BrFN/c1-4-10-21-17(15-6-5-9-18(15,2)3)12-13-11-14(19)7-8-16(13)20/h7-8,11,15,17,21H,4-6,9-10,12H2,1-3H3. The van der Waals surface area contributed by atoms with Gasteiger partial charge in [0.15, 0.2) is 0 Å². The van der Waals surface area contributed by atoms with Crippen LogP contribution in [0.15, 0.2) is 22.7 Å². The van der Waals surface area contributed by atoms with Gasteiger partial charge in [0.05, 0.1) is 0 Å². The molecule has 0 heterocycles. The molecule has 0 spiro atoms. The minimum absolute atomic E-state index is 0.0858.